The summed E-state index contributed by atoms with van der Waals surface area (Å²) in [6.07, 6.45) is 5.43. The minimum atomic E-state index is -0.0963. The summed E-state index contributed by atoms with van der Waals surface area (Å²) >= 11 is 1.27. The van der Waals surface area contributed by atoms with E-state index in [0.717, 1.165) is 61.9 Å². The predicted octanol–water partition coefficient (Wildman–Crippen LogP) is 5.58. The summed E-state index contributed by atoms with van der Waals surface area (Å²) in [5, 5.41) is 4.25. The van der Waals surface area contributed by atoms with E-state index in [1.54, 1.807) is 0 Å². The second-order valence-corrected chi connectivity index (χ2v) is 12.4. The summed E-state index contributed by atoms with van der Waals surface area (Å²) in [6.45, 7) is 13.4. The zero-order valence-electron chi connectivity index (χ0n) is 21.1. The van der Waals surface area contributed by atoms with Gasteiger partial charge < -0.3 is 10.2 Å². The van der Waals surface area contributed by atoms with Crippen LogP contribution in [0.15, 0.2) is 29.3 Å². The fourth-order valence-corrected chi connectivity index (χ4v) is 6.57. The van der Waals surface area contributed by atoms with Crippen LogP contribution in [0.1, 0.15) is 81.9 Å². The molecule has 4 heterocycles. The Bertz CT molecular complexity index is 1100. The van der Waals surface area contributed by atoms with Gasteiger partial charge in [0, 0.05) is 36.0 Å². The molecule has 2 unspecified atom stereocenters. The Morgan fingerprint density at radius 1 is 1.18 bits per heavy atom. The molecule has 2 aliphatic heterocycles. The highest BCUT2D eigenvalue weighted by Crippen LogP contribution is 2.44. The fourth-order valence-electron chi connectivity index (χ4n) is 5.97. The van der Waals surface area contributed by atoms with Crippen molar-refractivity contribution < 1.29 is 4.79 Å². The van der Waals surface area contributed by atoms with Crippen molar-refractivity contribution in [3.05, 3.63) is 41.1 Å². The second kappa shape index (κ2) is 8.74. The molecule has 3 aliphatic rings. The Kier molecular flexibility index (Phi) is 6.03. The Morgan fingerprint density at radius 3 is 2.82 bits per heavy atom. The van der Waals surface area contributed by atoms with Crippen molar-refractivity contribution in [2.24, 2.45) is 11.8 Å². The van der Waals surface area contributed by atoms with E-state index in [9.17, 15) is 4.79 Å². The molecule has 6 nitrogen and oxygen atoms in total. The van der Waals surface area contributed by atoms with Gasteiger partial charge in [0.2, 0.25) is 0 Å². The normalized spacial score (nSPS) is 25.8. The average molecular weight is 480 g/mol. The Labute approximate surface area is 207 Å². The van der Waals surface area contributed by atoms with E-state index in [1.807, 2.05) is 18.2 Å². The number of fused-ring (bicyclic) bond motifs is 7. The lowest BCUT2D eigenvalue weighted by Crippen LogP contribution is -2.41. The zero-order chi connectivity index (χ0) is 24.1. The van der Waals surface area contributed by atoms with Crippen LogP contribution in [-0.4, -0.2) is 34.5 Å². The van der Waals surface area contributed by atoms with Gasteiger partial charge in [-0.2, -0.15) is 0 Å². The second-order valence-electron chi connectivity index (χ2n) is 11.6. The van der Waals surface area contributed by atoms with Crippen LogP contribution in [0.4, 0.5) is 11.6 Å². The third kappa shape index (κ3) is 4.39. The summed E-state index contributed by atoms with van der Waals surface area (Å²) in [4.78, 5) is 26.0. The number of hydrogen-bond donors (Lipinski definition) is 2. The minimum Gasteiger partial charge on any atom is -0.370 e. The highest BCUT2D eigenvalue weighted by Gasteiger charge is 2.43. The molecule has 1 fully saturated rings. The van der Waals surface area contributed by atoms with Gasteiger partial charge >= 0.3 is 0 Å². The number of carbonyl (C=O) groups is 1. The first-order chi connectivity index (χ1) is 16.1. The summed E-state index contributed by atoms with van der Waals surface area (Å²) in [5.41, 5.74) is 3.05. The molecule has 34 heavy (non-hydrogen) atoms. The number of aromatic nitrogens is 2. The van der Waals surface area contributed by atoms with E-state index >= 15 is 0 Å². The highest BCUT2D eigenvalue weighted by molar-refractivity contribution is 7.97. The molecule has 2 aromatic heterocycles. The molecule has 182 valence electrons. The van der Waals surface area contributed by atoms with Crippen LogP contribution in [0.25, 0.3) is 0 Å². The molecule has 1 saturated heterocycles. The van der Waals surface area contributed by atoms with Crippen LogP contribution in [-0.2, 0) is 11.8 Å². The van der Waals surface area contributed by atoms with Gasteiger partial charge in [0.25, 0.3) is 5.91 Å². The van der Waals surface area contributed by atoms with Crippen LogP contribution < -0.4 is 14.9 Å². The molecule has 0 spiro atoms. The first-order valence-electron chi connectivity index (χ1n) is 12.6. The molecule has 5 rings (SSSR count). The molecule has 1 aliphatic carbocycles. The van der Waals surface area contributed by atoms with Crippen molar-refractivity contribution in [1.82, 2.24) is 14.7 Å². The van der Waals surface area contributed by atoms with Gasteiger partial charge in [-0.1, -0.05) is 26.8 Å². The van der Waals surface area contributed by atoms with Gasteiger partial charge in [0.15, 0.2) is 0 Å². The predicted molar refractivity (Wildman–Crippen MR) is 140 cm³/mol. The van der Waals surface area contributed by atoms with Crippen molar-refractivity contribution in [3.8, 4) is 0 Å². The lowest BCUT2D eigenvalue weighted by atomic mass is 9.75. The molecule has 2 aromatic rings. The molecule has 0 saturated carbocycles. The van der Waals surface area contributed by atoms with Crippen LogP contribution in [0.3, 0.4) is 0 Å². The molecular formula is C27H37N5OS. The Hall–Kier alpha value is -2.28. The molecule has 4 bridgehead atoms. The van der Waals surface area contributed by atoms with E-state index in [1.165, 1.54) is 23.2 Å². The van der Waals surface area contributed by atoms with E-state index in [-0.39, 0.29) is 16.9 Å². The topological polar surface area (TPSA) is 70.1 Å². The summed E-state index contributed by atoms with van der Waals surface area (Å²) in [5.74, 6) is 2.72. The largest absolute Gasteiger partial charge is 0.370 e. The lowest BCUT2D eigenvalue weighted by molar-refractivity contribution is 0.0984. The van der Waals surface area contributed by atoms with Crippen LogP contribution in [0.5, 0.6) is 0 Å². The molecule has 7 heteroatoms. The number of amides is 1. The standard InChI is InChI=1S/C27H37N5OS/c1-17-11-13-28-21-9-6-10-22(29-21)34-31-25(33)20-14-18-8-7-12-26(2,3)23(18)30-24(20)32-16-19(17)15-27(32,4)5/h6,9-10,14,17,19H,7-8,11-13,15-16H2,1-5H3,(H,28,29)(H,31,33). The number of pyridine rings is 2. The molecular weight excluding hydrogens is 442 g/mol. The fraction of sp³-hybridized carbons (Fsp3) is 0.593. The van der Waals surface area contributed by atoms with Crippen LogP contribution in [0.2, 0.25) is 0 Å². The van der Waals surface area contributed by atoms with Gasteiger partial charge in [0.1, 0.15) is 16.7 Å². The molecule has 2 N–H and O–H groups in total. The Morgan fingerprint density at radius 2 is 2.00 bits per heavy atom. The number of anilines is 2. The third-order valence-corrected chi connectivity index (χ3v) is 8.79. The highest BCUT2D eigenvalue weighted by atomic mass is 32.2. The van der Waals surface area contributed by atoms with Gasteiger partial charge in [-0.3, -0.25) is 9.52 Å². The van der Waals surface area contributed by atoms with Crippen molar-refractivity contribution in [2.45, 2.75) is 82.7 Å². The average Bonchev–Trinajstić information content (AvgIpc) is 3.11. The molecule has 0 aromatic carbocycles. The van der Waals surface area contributed by atoms with Gasteiger partial charge in [-0.15, -0.1) is 0 Å². The van der Waals surface area contributed by atoms with Gasteiger partial charge in [0.05, 0.1) is 11.3 Å². The van der Waals surface area contributed by atoms with Crippen molar-refractivity contribution in [2.75, 3.05) is 23.3 Å². The maximum atomic E-state index is 13.6. The van der Waals surface area contributed by atoms with E-state index in [2.05, 4.69) is 60.6 Å². The number of carbonyl (C=O) groups excluding carboxylic acids is 1. The molecule has 2 atom stereocenters. The number of rotatable bonds is 0. The maximum absolute atomic E-state index is 13.6. The van der Waals surface area contributed by atoms with Crippen molar-refractivity contribution in [3.63, 3.8) is 0 Å². The summed E-state index contributed by atoms with van der Waals surface area (Å²) < 4.78 is 3.06. The van der Waals surface area contributed by atoms with Crippen molar-refractivity contribution >= 4 is 29.5 Å². The smallest absolute Gasteiger partial charge is 0.265 e. The van der Waals surface area contributed by atoms with Gasteiger partial charge in [-0.25, -0.2) is 9.97 Å². The summed E-state index contributed by atoms with van der Waals surface area (Å²) in [6, 6.07) is 8.03. The SMILES string of the molecule is CC1CCNc2cccc(n2)SNC(=O)c2cc3c(nc2N2CC1CC2(C)C)C(C)(C)CCC3. The third-order valence-electron chi connectivity index (χ3n) is 8.06. The molecule has 1 amide bonds. The number of hydrogen-bond acceptors (Lipinski definition) is 6. The first kappa shape index (κ1) is 23.5. The Balaban J connectivity index is 1.61. The monoisotopic (exact) mass is 479 g/mol. The minimum absolute atomic E-state index is 0.0252. The summed E-state index contributed by atoms with van der Waals surface area (Å²) in [7, 11) is 0. The van der Waals surface area contributed by atoms with E-state index in [0.29, 0.717) is 17.4 Å². The lowest BCUT2D eigenvalue weighted by Gasteiger charge is -2.37. The van der Waals surface area contributed by atoms with Crippen molar-refractivity contribution in [1.29, 1.82) is 0 Å². The van der Waals surface area contributed by atoms with Crippen LogP contribution in [0, 0.1) is 11.8 Å². The van der Waals surface area contributed by atoms with E-state index < -0.39 is 0 Å². The number of aryl methyl sites for hydroxylation is 1. The van der Waals surface area contributed by atoms with Crippen LogP contribution >= 0.6 is 11.9 Å². The number of nitrogens with zero attached hydrogens (tertiary/aromatic N) is 3. The first-order valence-corrected chi connectivity index (χ1v) is 13.5. The quantitative estimate of drug-likeness (QED) is 0.481. The zero-order valence-corrected chi connectivity index (χ0v) is 21.9. The molecule has 0 radical (unpaired) electrons. The van der Waals surface area contributed by atoms with Gasteiger partial charge in [-0.05, 0) is 81.5 Å². The van der Waals surface area contributed by atoms with E-state index in [4.69, 9.17) is 4.98 Å². The number of nitrogens with one attached hydrogen (secondary N) is 2. The maximum Gasteiger partial charge on any atom is 0.265 e.